The molecule has 22 heavy (non-hydrogen) atoms. The lowest BCUT2D eigenvalue weighted by molar-refractivity contribution is 0.0760. The van der Waals surface area contributed by atoms with Crippen molar-refractivity contribution >= 4 is 15.9 Å². The maximum absolute atomic E-state index is 12.7. The van der Waals surface area contributed by atoms with Crippen LogP contribution in [-0.2, 0) is 10.0 Å². The summed E-state index contributed by atoms with van der Waals surface area (Å²) in [4.78, 5) is 14.7. The first-order valence-corrected chi connectivity index (χ1v) is 9.33. The van der Waals surface area contributed by atoms with E-state index in [4.69, 9.17) is 0 Å². The summed E-state index contributed by atoms with van der Waals surface area (Å²) in [6.07, 6.45) is 4.33. The van der Waals surface area contributed by atoms with E-state index in [-0.39, 0.29) is 10.8 Å². The summed E-state index contributed by atoms with van der Waals surface area (Å²) in [6, 6.07) is 4.75. The summed E-state index contributed by atoms with van der Waals surface area (Å²) in [5.41, 5.74) is 1.30. The molecule has 0 spiro atoms. The molecule has 5 nitrogen and oxygen atoms in total. The summed E-state index contributed by atoms with van der Waals surface area (Å²) < 4.78 is 26.7. The first-order chi connectivity index (χ1) is 10.5. The molecule has 1 aliphatic rings. The maximum Gasteiger partial charge on any atom is 0.254 e. The topological polar surface area (TPSA) is 66.5 Å². The third kappa shape index (κ3) is 3.87. The van der Waals surface area contributed by atoms with Crippen LogP contribution in [0.1, 0.15) is 48.5 Å². The average Bonchev–Trinajstić information content (AvgIpc) is 2.76. The van der Waals surface area contributed by atoms with E-state index in [9.17, 15) is 13.2 Å². The molecule has 0 radical (unpaired) electrons. The lowest BCUT2D eigenvalue weighted by atomic mass is 10.1. The highest BCUT2D eigenvalue weighted by molar-refractivity contribution is 7.89. The van der Waals surface area contributed by atoms with Gasteiger partial charge in [-0.2, -0.15) is 0 Å². The fraction of sp³-hybridized carbons (Fsp3) is 0.562. The zero-order valence-corrected chi connectivity index (χ0v) is 14.1. The number of nitrogens with one attached hydrogen (secondary N) is 1. The van der Waals surface area contributed by atoms with Gasteiger partial charge < -0.3 is 4.90 Å². The van der Waals surface area contributed by atoms with Crippen LogP contribution in [0.25, 0.3) is 0 Å². The third-order valence-corrected chi connectivity index (χ3v) is 5.52. The Morgan fingerprint density at radius 1 is 1.18 bits per heavy atom. The van der Waals surface area contributed by atoms with Gasteiger partial charge in [-0.15, -0.1) is 0 Å². The number of amides is 1. The minimum absolute atomic E-state index is 0.0621. The van der Waals surface area contributed by atoms with E-state index in [0.29, 0.717) is 12.1 Å². The number of nitrogens with zero attached hydrogens (tertiary/aromatic N) is 1. The van der Waals surface area contributed by atoms with E-state index >= 15 is 0 Å². The predicted molar refractivity (Wildman–Crippen MR) is 86.4 cm³/mol. The number of carbonyl (C=O) groups is 1. The van der Waals surface area contributed by atoms with Crippen LogP contribution in [0.2, 0.25) is 0 Å². The molecule has 1 aromatic carbocycles. The van der Waals surface area contributed by atoms with Gasteiger partial charge in [-0.25, -0.2) is 13.1 Å². The largest absolute Gasteiger partial charge is 0.339 e. The quantitative estimate of drug-likeness (QED) is 0.924. The van der Waals surface area contributed by atoms with Crippen molar-refractivity contribution in [2.45, 2.75) is 44.4 Å². The molecular formula is C16H24N2O3S. The first kappa shape index (κ1) is 17.0. The molecule has 0 saturated carbocycles. The van der Waals surface area contributed by atoms with Gasteiger partial charge in [0, 0.05) is 25.2 Å². The summed E-state index contributed by atoms with van der Waals surface area (Å²) >= 11 is 0. The zero-order valence-electron chi connectivity index (χ0n) is 13.3. The highest BCUT2D eigenvalue weighted by atomic mass is 32.2. The van der Waals surface area contributed by atoms with E-state index in [0.717, 1.165) is 44.3 Å². The minimum Gasteiger partial charge on any atom is -0.339 e. The number of hydrogen-bond acceptors (Lipinski definition) is 3. The molecule has 0 atom stereocenters. The molecule has 0 unspecified atom stereocenters. The Labute approximate surface area is 132 Å². The molecule has 0 aromatic heterocycles. The molecule has 6 heteroatoms. The Hall–Kier alpha value is -1.40. The van der Waals surface area contributed by atoms with Gasteiger partial charge in [-0.3, -0.25) is 4.79 Å². The second-order valence-electron chi connectivity index (χ2n) is 5.68. The predicted octanol–water partition coefficient (Wildman–Crippen LogP) is 2.31. The number of aryl methyl sites for hydroxylation is 1. The fourth-order valence-corrected chi connectivity index (χ4v) is 3.78. The van der Waals surface area contributed by atoms with Crippen LogP contribution >= 0.6 is 0 Å². The van der Waals surface area contributed by atoms with Crippen LogP contribution in [-0.4, -0.2) is 38.9 Å². The second kappa shape index (κ2) is 7.24. The van der Waals surface area contributed by atoms with Crippen molar-refractivity contribution in [1.29, 1.82) is 0 Å². The Morgan fingerprint density at radius 2 is 1.82 bits per heavy atom. The minimum atomic E-state index is -3.54. The van der Waals surface area contributed by atoms with Crippen molar-refractivity contribution in [2.24, 2.45) is 0 Å². The maximum atomic E-state index is 12.7. The smallest absolute Gasteiger partial charge is 0.254 e. The van der Waals surface area contributed by atoms with Crippen molar-refractivity contribution < 1.29 is 13.2 Å². The molecule has 1 heterocycles. The Morgan fingerprint density at radius 3 is 2.41 bits per heavy atom. The molecule has 1 N–H and O–H groups in total. The monoisotopic (exact) mass is 324 g/mol. The van der Waals surface area contributed by atoms with Gasteiger partial charge in [0.1, 0.15) is 0 Å². The molecule has 1 aromatic rings. The van der Waals surface area contributed by atoms with Gasteiger partial charge in [-0.1, -0.05) is 25.8 Å². The standard InChI is InChI=1S/C16H24N2O3S/c1-3-17-22(20,21)14-9-8-13(2)15(12-14)16(19)18-10-6-4-5-7-11-18/h8-9,12,17H,3-7,10-11H2,1-2H3. The molecule has 122 valence electrons. The van der Waals surface area contributed by atoms with Crippen molar-refractivity contribution in [3.8, 4) is 0 Å². The summed E-state index contributed by atoms with van der Waals surface area (Å²) in [5, 5.41) is 0. The van der Waals surface area contributed by atoms with Gasteiger partial charge in [0.05, 0.1) is 4.90 Å². The van der Waals surface area contributed by atoms with Crippen LogP contribution in [0.3, 0.4) is 0 Å². The van der Waals surface area contributed by atoms with E-state index in [1.807, 2.05) is 11.8 Å². The summed E-state index contributed by atoms with van der Waals surface area (Å²) in [5.74, 6) is -0.0621. The van der Waals surface area contributed by atoms with Crippen molar-refractivity contribution in [2.75, 3.05) is 19.6 Å². The van der Waals surface area contributed by atoms with Gasteiger partial charge in [-0.05, 0) is 37.5 Å². The number of hydrogen-bond donors (Lipinski definition) is 1. The first-order valence-electron chi connectivity index (χ1n) is 7.85. The van der Waals surface area contributed by atoms with Crippen molar-refractivity contribution in [3.05, 3.63) is 29.3 Å². The molecule has 1 saturated heterocycles. The Bertz CT molecular complexity index is 633. The highest BCUT2D eigenvalue weighted by Crippen LogP contribution is 2.19. The second-order valence-corrected chi connectivity index (χ2v) is 7.45. The number of carbonyl (C=O) groups excluding carboxylic acids is 1. The van der Waals surface area contributed by atoms with Gasteiger partial charge in [0.15, 0.2) is 0 Å². The summed E-state index contributed by atoms with van der Waals surface area (Å²) in [6.45, 7) is 5.40. The number of rotatable bonds is 4. The Kier molecular flexibility index (Phi) is 5.58. The number of likely N-dealkylation sites (tertiary alicyclic amines) is 1. The molecular weight excluding hydrogens is 300 g/mol. The van der Waals surface area contributed by atoms with Crippen molar-refractivity contribution in [3.63, 3.8) is 0 Å². The lowest BCUT2D eigenvalue weighted by Gasteiger charge is -2.21. The van der Waals surface area contributed by atoms with E-state index < -0.39 is 10.0 Å². The fourth-order valence-electron chi connectivity index (χ4n) is 2.72. The van der Waals surface area contributed by atoms with Gasteiger partial charge >= 0.3 is 0 Å². The summed E-state index contributed by atoms with van der Waals surface area (Å²) in [7, 11) is -3.54. The molecule has 0 bridgehead atoms. The van der Waals surface area contributed by atoms with Crippen LogP contribution < -0.4 is 4.72 Å². The third-order valence-electron chi connectivity index (χ3n) is 3.98. The zero-order chi connectivity index (χ0) is 16.2. The lowest BCUT2D eigenvalue weighted by Crippen LogP contribution is -2.32. The highest BCUT2D eigenvalue weighted by Gasteiger charge is 2.21. The Balaban J connectivity index is 2.31. The van der Waals surface area contributed by atoms with E-state index in [1.165, 1.54) is 6.07 Å². The molecule has 1 fully saturated rings. The molecule has 1 aliphatic heterocycles. The van der Waals surface area contributed by atoms with Gasteiger partial charge in [0.25, 0.3) is 5.91 Å². The van der Waals surface area contributed by atoms with Crippen LogP contribution in [0.15, 0.2) is 23.1 Å². The van der Waals surface area contributed by atoms with Crippen LogP contribution in [0.5, 0.6) is 0 Å². The number of sulfonamides is 1. The van der Waals surface area contributed by atoms with Crippen LogP contribution in [0, 0.1) is 6.92 Å². The van der Waals surface area contributed by atoms with E-state index in [1.54, 1.807) is 19.1 Å². The average molecular weight is 324 g/mol. The number of benzene rings is 1. The molecule has 1 amide bonds. The van der Waals surface area contributed by atoms with Crippen molar-refractivity contribution in [1.82, 2.24) is 9.62 Å². The van der Waals surface area contributed by atoms with Gasteiger partial charge in [0.2, 0.25) is 10.0 Å². The molecule has 2 rings (SSSR count). The van der Waals surface area contributed by atoms with Crippen LogP contribution in [0.4, 0.5) is 0 Å². The normalized spacial score (nSPS) is 16.4. The van der Waals surface area contributed by atoms with E-state index in [2.05, 4.69) is 4.72 Å². The molecule has 0 aliphatic carbocycles. The SMILES string of the molecule is CCNS(=O)(=O)c1ccc(C)c(C(=O)N2CCCCCC2)c1.